The van der Waals surface area contributed by atoms with Crippen molar-refractivity contribution in [3.63, 3.8) is 0 Å². The first-order valence-electron chi connectivity index (χ1n) is 5.60. The van der Waals surface area contributed by atoms with Gasteiger partial charge in [0.25, 0.3) is 0 Å². The number of carboxylic acid groups (broad SMARTS) is 1. The highest BCUT2D eigenvalue weighted by Gasteiger charge is 2.27. The molecule has 2 atom stereocenters. The smallest absolute Gasteiger partial charge is 0.310 e. The minimum atomic E-state index is -0.852. The molecular weight excluding hydrogens is 222 g/mol. The number of methoxy groups -OCH3 is 1. The lowest BCUT2D eigenvalue weighted by Gasteiger charge is -2.23. The molecule has 2 unspecified atom stereocenters. The minimum Gasteiger partial charge on any atom is -0.481 e. The number of hydrogen-bond acceptors (Lipinski definition) is 3. The van der Waals surface area contributed by atoms with Crippen LogP contribution in [0.3, 0.4) is 0 Å². The van der Waals surface area contributed by atoms with Gasteiger partial charge in [0, 0.05) is 13.2 Å². The third kappa shape index (κ3) is 4.19. The molecule has 0 saturated heterocycles. The average Bonchev–Trinajstić information content (AvgIpc) is 2.65. The molecule has 1 aliphatic carbocycles. The molecule has 0 radical (unpaired) electrons. The van der Waals surface area contributed by atoms with Gasteiger partial charge >= 0.3 is 5.97 Å². The van der Waals surface area contributed by atoms with Crippen molar-refractivity contribution in [3.8, 4) is 0 Å². The van der Waals surface area contributed by atoms with Crippen molar-refractivity contribution in [2.24, 2.45) is 5.92 Å². The lowest BCUT2D eigenvalue weighted by atomic mass is 10.0. The fraction of sp³-hybridized carbons (Fsp3) is 0.667. The van der Waals surface area contributed by atoms with Gasteiger partial charge in [-0.3, -0.25) is 9.59 Å². The molecule has 0 aromatic heterocycles. The lowest BCUT2D eigenvalue weighted by Crippen LogP contribution is -2.38. The molecule has 0 aromatic rings. The molecule has 0 aliphatic heterocycles. The molecule has 1 rings (SSSR count). The van der Waals surface area contributed by atoms with Gasteiger partial charge in [0.2, 0.25) is 5.91 Å². The van der Waals surface area contributed by atoms with Crippen LogP contribution in [0.2, 0.25) is 0 Å². The zero-order chi connectivity index (χ0) is 13.1. The van der Waals surface area contributed by atoms with Crippen molar-refractivity contribution < 1.29 is 19.4 Å². The Labute approximate surface area is 101 Å². The van der Waals surface area contributed by atoms with Gasteiger partial charge in [0.15, 0.2) is 0 Å². The molecule has 0 saturated carbocycles. The van der Waals surface area contributed by atoms with E-state index in [4.69, 9.17) is 9.84 Å². The van der Waals surface area contributed by atoms with Gasteiger partial charge in [0.1, 0.15) is 0 Å². The first kappa shape index (κ1) is 13.7. The number of carboxylic acids is 1. The summed E-state index contributed by atoms with van der Waals surface area (Å²) in [6.07, 6.45) is 4.03. The summed E-state index contributed by atoms with van der Waals surface area (Å²) in [6.45, 7) is 3.66. The van der Waals surface area contributed by atoms with E-state index < -0.39 is 17.5 Å². The van der Waals surface area contributed by atoms with Gasteiger partial charge in [-0.05, 0) is 20.3 Å². The highest BCUT2D eigenvalue weighted by molar-refractivity contribution is 5.78. The van der Waals surface area contributed by atoms with E-state index in [-0.39, 0.29) is 18.4 Å². The molecule has 1 aliphatic rings. The molecule has 1 amide bonds. The Balaban J connectivity index is 2.39. The Kier molecular flexibility index (Phi) is 4.28. The summed E-state index contributed by atoms with van der Waals surface area (Å²) in [5.74, 6) is -1.47. The summed E-state index contributed by atoms with van der Waals surface area (Å²) >= 11 is 0. The second-order valence-electron chi connectivity index (χ2n) is 4.88. The minimum absolute atomic E-state index is 0.127. The van der Waals surface area contributed by atoms with Crippen LogP contribution in [0.1, 0.15) is 26.7 Å². The molecule has 5 heteroatoms. The summed E-state index contributed by atoms with van der Waals surface area (Å²) in [5.41, 5.74) is -0.501. The van der Waals surface area contributed by atoms with Crippen LogP contribution in [0.25, 0.3) is 0 Å². The molecule has 17 heavy (non-hydrogen) atoms. The lowest BCUT2D eigenvalue weighted by molar-refractivity contribution is -0.140. The Morgan fingerprint density at radius 2 is 2.12 bits per heavy atom. The number of nitrogens with one attached hydrogen (secondary N) is 1. The van der Waals surface area contributed by atoms with Crippen LogP contribution >= 0.6 is 0 Å². The molecule has 0 heterocycles. The third-order valence-corrected chi connectivity index (χ3v) is 2.89. The predicted octanol–water partition coefficient (Wildman–Crippen LogP) is 0.947. The van der Waals surface area contributed by atoms with Crippen molar-refractivity contribution in [2.45, 2.75) is 38.3 Å². The zero-order valence-electron chi connectivity index (χ0n) is 10.4. The topological polar surface area (TPSA) is 75.6 Å². The average molecular weight is 241 g/mol. The van der Waals surface area contributed by atoms with E-state index >= 15 is 0 Å². The highest BCUT2D eigenvalue weighted by Crippen LogP contribution is 2.19. The van der Waals surface area contributed by atoms with Crippen LogP contribution in [-0.4, -0.2) is 35.7 Å². The normalized spacial score (nSPS) is 23.7. The number of hydrogen-bond donors (Lipinski definition) is 2. The number of aliphatic carboxylic acids is 1. The van der Waals surface area contributed by atoms with E-state index in [1.165, 1.54) is 0 Å². The van der Waals surface area contributed by atoms with Crippen LogP contribution in [0.15, 0.2) is 12.2 Å². The quantitative estimate of drug-likeness (QED) is 0.703. The molecule has 0 bridgehead atoms. The maximum atomic E-state index is 11.7. The van der Waals surface area contributed by atoms with Gasteiger partial charge in [0.05, 0.1) is 17.9 Å². The molecule has 0 fully saturated rings. The van der Waals surface area contributed by atoms with Crippen molar-refractivity contribution in [2.75, 3.05) is 7.11 Å². The van der Waals surface area contributed by atoms with Crippen LogP contribution in [-0.2, 0) is 14.3 Å². The number of rotatable bonds is 5. The Morgan fingerprint density at radius 1 is 1.47 bits per heavy atom. The Hall–Kier alpha value is -1.36. The van der Waals surface area contributed by atoms with Crippen LogP contribution in [0.5, 0.6) is 0 Å². The highest BCUT2D eigenvalue weighted by atomic mass is 16.5. The monoisotopic (exact) mass is 241 g/mol. The second kappa shape index (κ2) is 5.31. The second-order valence-corrected chi connectivity index (χ2v) is 4.88. The fourth-order valence-electron chi connectivity index (χ4n) is 1.71. The van der Waals surface area contributed by atoms with Gasteiger partial charge < -0.3 is 15.2 Å². The molecule has 2 N–H and O–H groups in total. The fourth-order valence-corrected chi connectivity index (χ4v) is 1.71. The van der Waals surface area contributed by atoms with Crippen molar-refractivity contribution >= 4 is 11.9 Å². The summed E-state index contributed by atoms with van der Waals surface area (Å²) in [7, 11) is 1.56. The summed E-state index contributed by atoms with van der Waals surface area (Å²) in [4.78, 5) is 22.4. The van der Waals surface area contributed by atoms with Gasteiger partial charge in [-0.15, -0.1) is 0 Å². The standard InChI is InChI=1S/C12H19NO4/c1-12(2,17-3)7-10(14)13-9-5-4-8(6-9)11(15)16/h4-5,8-9H,6-7H2,1-3H3,(H,13,14)(H,15,16). The van der Waals surface area contributed by atoms with E-state index in [9.17, 15) is 9.59 Å². The number of carbonyl (C=O) groups is 2. The maximum Gasteiger partial charge on any atom is 0.310 e. The zero-order valence-corrected chi connectivity index (χ0v) is 10.4. The van der Waals surface area contributed by atoms with Crippen LogP contribution in [0, 0.1) is 5.92 Å². The van der Waals surface area contributed by atoms with Crippen LogP contribution in [0.4, 0.5) is 0 Å². The van der Waals surface area contributed by atoms with Crippen molar-refractivity contribution in [1.29, 1.82) is 0 Å². The molecule has 96 valence electrons. The molecule has 0 aromatic carbocycles. The largest absolute Gasteiger partial charge is 0.481 e. The molecule has 5 nitrogen and oxygen atoms in total. The first-order valence-corrected chi connectivity index (χ1v) is 5.60. The number of amides is 1. The Bertz CT molecular complexity index is 335. The van der Waals surface area contributed by atoms with Crippen molar-refractivity contribution in [3.05, 3.63) is 12.2 Å². The Morgan fingerprint density at radius 3 is 2.59 bits per heavy atom. The third-order valence-electron chi connectivity index (χ3n) is 2.89. The van der Waals surface area contributed by atoms with E-state index in [0.717, 1.165) is 0 Å². The van der Waals surface area contributed by atoms with Gasteiger partial charge in [-0.25, -0.2) is 0 Å². The molecular formula is C12H19NO4. The first-order chi connectivity index (χ1) is 7.84. The van der Waals surface area contributed by atoms with E-state index in [1.807, 2.05) is 13.8 Å². The summed E-state index contributed by atoms with van der Waals surface area (Å²) in [6, 6.07) is -0.184. The van der Waals surface area contributed by atoms with Gasteiger partial charge in [-0.2, -0.15) is 0 Å². The number of carbonyl (C=O) groups excluding carboxylic acids is 1. The van der Waals surface area contributed by atoms with Gasteiger partial charge in [-0.1, -0.05) is 12.2 Å². The maximum absolute atomic E-state index is 11.7. The van der Waals surface area contributed by atoms with E-state index in [1.54, 1.807) is 19.3 Å². The summed E-state index contributed by atoms with van der Waals surface area (Å²) < 4.78 is 5.16. The van der Waals surface area contributed by atoms with Crippen molar-refractivity contribution in [1.82, 2.24) is 5.32 Å². The predicted molar refractivity (Wildman–Crippen MR) is 62.5 cm³/mol. The number of ether oxygens (including phenoxy) is 1. The van der Waals surface area contributed by atoms with E-state index in [2.05, 4.69) is 5.32 Å². The molecule has 0 spiro atoms. The SMILES string of the molecule is COC(C)(C)CC(=O)NC1C=CC(C(=O)O)C1. The summed E-state index contributed by atoms with van der Waals surface area (Å²) in [5, 5.41) is 11.6. The van der Waals surface area contributed by atoms with E-state index in [0.29, 0.717) is 6.42 Å². The van der Waals surface area contributed by atoms with Crippen LogP contribution < -0.4 is 5.32 Å².